The lowest BCUT2D eigenvalue weighted by molar-refractivity contribution is -0.145. The van der Waals surface area contributed by atoms with Gasteiger partial charge >= 0.3 is 0 Å². The summed E-state index contributed by atoms with van der Waals surface area (Å²) in [5, 5.41) is 46.4. The number of nitrogens with one attached hydrogen (secondary N) is 1. The Morgan fingerprint density at radius 2 is 1.90 bits per heavy atom. The molecule has 0 unspecified atom stereocenters. The maximum Gasteiger partial charge on any atom is 0.131 e. The second-order valence-electron chi connectivity index (χ2n) is 8.08. The standard InChI is InChI=1S/C22H33N3O5/c1-15-10-16(17-11-24-30-14-17)6-7-18(15)23-8-4-2-3-5-9-25-12-20(27)22(29)21(28)19(25)13-26/h6-7,10-11,14,19-23,26-29H,2-5,8-9,12-13H2,1H3/t19-,20+,21-,22-/m1/s1. The number of anilines is 1. The van der Waals surface area contributed by atoms with Crippen LogP contribution in [0.25, 0.3) is 11.1 Å². The summed E-state index contributed by atoms with van der Waals surface area (Å²) >= 11 is 0. The van der Waals surface area contributed by atoms with E-state index in [4.69, 9.17) is 4.52 Å². The molecule has 1 aromatic carbocycles. The lowest BCUT2D eigenvalue weighted by Gasteiger charge is -2.43. The normalized spacial score (nSPS) is 24.8. The molecule has 4 atom stereocenters. The third-order valence-electron chi connectivity index (χ3n) is 5.90. The van der Waals surface area contributed by atoms with Crippen molar-refractivity contribution < 1.29 is 24.9 Å². The summed E-state index contributed by atoms with van der Waals surface area (Å²) in [6, 6.07) is 5.73. The fourth-order valence-electron chi connectivity index (χ4n) is 4.04. The molecule has 1 saturated heterocycles. The van der Waals surface area contributed by atoms with Crippen LogP contribution in [0.5, 0.6) is 0 Å². The SMILES string of the molecule is Cc1cc(-c2cnoc2)ccc1NCCCCCCN1C[C@H](O)[C@@H](O)[C@H](O)[C@H]1CO. The van der Waals surface area contributed by atoms with Crippen LogP contribution in [0.15, 0.2) is 35.2 Å². The van der Waals surface area contributed by atoms with Crippen molar-refractivity contribution in [1.82, 2.24) is 10.1 Å². The van der Waals surface area contributed by atoms with E-state index < -0.39 is 24.4 Å². The van der Waals surface area contributed by atoms with E-state index in [1.807, 2.05) is 4.90 Å². The number of aryl methyl sites for hydroxylation is 1. The van der Waals surface area contributed by atoms with Gasteiger partial charge in [0.2, 0.25) is 0 Å². The largest absolute Gasteiger partial charge is 0.395 e. The van der Waals surface area contributed by atoms with E-state index in [0.29, 0.717) is 6.54 Å². The molecule has 1 aromatic heterocycles. The van der Waals surface area contributed by atoms with E-state index in [2.05, 4.69) is 35.6 Å². The first-order valence-corrected chi connectivity index (χ1v) is 10.6. The van der Waals surface area contributed by atoms with Crippen molar-refractivity contribution in [2.75, 3.05) is 31.6 Å². The quantitative estimate of drug-likeness (QED) is 0.366. The topological polar surface area (TPSA) is 122 Å². The highest BCUT2D eigenvalue weighted by molar-refractivity contribution is 5.67. The number of hydrogen-bond donors (Lipinski definition) is 5. The average Bonchev–Trinajstić information content (AvgIpc) is 3.27. The maximum absolute atomic E-state index is 10.0. The molecule has 0 amide bonds. The van der Waals surface area contributed by atoms with Gasteiger partial charge in [0.25, 0.3) is 0 Å². The number of aromatic nitrogens is 1. The van der Waals surface area contributed by atoms with Crippen LogP contribution >= 0.6 is 0 Å². The van der Waals surface area contributed by atoms with Crippen molar-refractivity contribution in [1.29, 1.82) is 0 Å². The number of likely N-dealkylation sites (tertiary alicyclic amines) is 1. The Labute approximate surface area is 177 Å². The molecule has 166 valence electrons. The summed E-state index contributed by atoms with van der Waals surface area (Å²) in [5.41, 5.74) is 4.35. The van der Waals surface area contributed by atoms with Crippen molar-refractivity contribution in [3.63, 3.8) is 0 Å². The first-order valence-electron chi connectivity index (χ1n) is 10.6. The van der Waals surface area contributed by atoms with Crippen LogP contribution in [0.3, 0.4) is 0 Å². The molecule has 8 heteroatoms. The number of hydrogen-bond acceptors (Lipinski definition) is 8. The van der Waals surface area contributed by atoms with E-state index in [0.717, 1.165) is 49.0 Å². The molecule has 2 heterocycles. The second kappa shape index (κ2) is 10.9. The van der Waals surface area contributed by atoms with Crippen LogP contribution in [0.1, 0.15) is 31.2 Å². The van der Waals surface area contributed by atoms with E-state index in [9.17, 15) is 20.4 Å². The second-order valence-corrected chi connectivity index (χ2v) is 8.08. The molecule has 30 heavy (non-hydrogen) atoms. The molecule has 3 rings (SSSR count). The lowest BCUT2D eigenvalue weighted by Crippen LogP contribution is -2.62. The predicted octanol–water partition coefficient (Wildman–Crippen LogP) is 1.38. The summed E-state index contributed by atoms with van der Waals surface area (Å²) in [5.74, 6) is 0. The fourth-order valence-corrected chi connectivity index (χ4v) is 4.04. The van der Waals surface area contributed by atoms with Crippen molar-refractivity contribution in [2.24, 2.45) is 0 Å². The van der Waals surface area contributed by atoms with E-state index in [-0.39, 0.29) is 13.2 Å². The van der Waals surface area contributed by atoms with Crippen molar-refractivity contribution >= 4 is 5.69 Å². The minimum absolute atomic E-state index is 0.232. The number of nitrogens with zero attached hydrogens (tertiary/aromatic N) is 2. The summed E-state index contributed by atoms with van der Waals surface area (Å²) in [6.07, 6.45) is 4.09. The number of piperidine rings is 1. The summed E-state index contributed by atoms with van der Waals surface area (Å²) < 4.78 is 4.90. The maximum atomic E-state index is 10.0. The molecule has 2 aromatic rings. The van der Waals surface area contributed by atoms with Gasteiger partial charge in [0, 0.05) is 24.3 Å². The van der Waals surface area contributed by atoms with Gasteiger partial charge in [0.1, 0.15) is 18.5 Å². The summed E-state index contributed by atoms with van der Waals surface area (Å²) in [4.78, 5) is 1.88. The van der Waals surface area contributed by atoms with Crippen LogP contribution < -0.4 is 5.32 Å². The molecule has 0 bridgehead atoms. The number of aliphatic hydroxyl groups excluding tert-OH is 4. The van der Waals surface area contributed by atoms with Crippen LogP contribution in [-0.2, 0) is 0 Å². The number of β-amino-alcohol motifs (C(OH)–C–C–N with tert-alkyl or cyclic N) is 1. The fraction of sp³-hybridized carbons (Fsp3) is 0.591. The molecular formula is C22H33N3O5. The molecule has 0 saturated carbocycles. The average molecular weight is 420 g/mol. The van der Waals surface area contributed by atoms with E-state index in [1.54, 1.807) is 12.5 Å². The van der Waals surface area contributed by atoms with Gasteiger partial charge in [-0.2, -0.15) is 0 Å². The first-order chi connectivity index (χ1) is 14.5. The van der Waals surface area contributed by atoms with Crippen LogP contribution in [-0.4, -0.2) is 81.1 Å². The molecule has 8 nitrogen and oxygen atoms in total. The van der Waals surface area contributed by atoms with Crippen LogP contribution in [0, 0.1) is 6.92 Å². The van der Waals surface area contributed by atoms with Crippen molar-refractivity contribution in [3.05, 3.63) is 36.2 Å². The monoisotopic (exact) mass is 419 g/mol. The van der Waals surface area contributed by atoms with Crippen molar-refractivity contribution in [3.8, 4) is 11.1 Å². The number of rotatable bonds is 10. The zero-order valence-electron chi connectivity index (χ0n) is 17.4. The molecule has 0 spiro atoms. The van der Waals surface area contributed by atoms with Crippen LogP contribution in [0.2, 0.25) is 0 Å². The Morgan fingerprint density at radius 1 is 1.10 bits per heavy atom. The highest BCUT2D eigenvalue weighted by Gasteiger charge is 2.40. The Bertz CT molecular complexity index is 770. The van der Waals surface area contributed by atoms with Gasteiger partial charge in [-0.05, 0) is 49.6 Å². The Kier molecular flexibility index (Phi) is 8.24. The molecule has 1 aliphatic heterocycles. The zero-order chi connectivity index (χ0) is 21.5. The molecule has 1 fully saturated rings. The first kappa shape index (κ1) is 22.7. The summed E-state index contributed by atoms with van der Waals surface area (Å²) in [7, 11) is 0. The molecule has 1 aliphatic rings. The van der Waals surface area contributed by atoms with Gasteiger partial charge in [-0.3, -0.25) is 4.90 Å². The van der Waals surface area contributed by atoms with E-state index in [1.165, 1.54) is 5.56 Å². The van der Waals surface area contributed by atoms with E-state index >= 15 is 0 Å². The van der Waals surface area contributed by atoms with Crippen molar-refractivity contribution in [2.45, 2.75) is 57.0 Å². The van der Waals surface area contributed by atoms with Gasteiger partial charge in [0.15, 0.2) is 0 Å². The Balaban J connectivity index is 1.34. The minimum atomic E-state index is -1.20. The number of aliphatic hydroxyl groups is 4. The smallest absolute Gasteiger partial charge is 0.131 e. The predicted molar refractivity (Wildman–Crippen MR) is 114 cm³/mol. The van der Waals surface area contributed by atoms with Gasteiger partial charge in [-0.15, -0.1) is 0 Å². The van der Waals surface area contributed by atoms with Gasteiger partial charge in [0.05, 0.1) is 24.9 Å². The molecule has 0 aliphatic carbocycles. The van der Waals surface area contributed by atoms with Gasteiger partial charge in [-0.25, -0.2) is 0 Å². The zero-order valence-corrected chi connectivity index (χ0v) is 17.4. The van der Waals surface area contributed by atoms with Gasteiger partial charge in [-0.1, -0.05) is 24.1 Å². The third-order valence-corrected chi connectivity index (χ3v) is 5.90. The summed E-state index contributed by atoms with van der Waals surface area (Å²) in [6.45, 7) is 3.69. The Hall–Kier alpha value is -1.97. The number of unbranched alkanes of at least 4 members (excludes halogenated alkanes) is 3. The minimum Gasteiger partial charge on any atom is -0.395 e. The number of benzene rings is 1. The molecular weight excluding hydrogens is 386 g/mol. The molecule has 0 radical (unpaired) electrons. The highest BCUT2D eigenvalue weighted by Crippen LogP contribution is 2.24. The Morgan fingerprint density at radius 3 is 2.60 bits per heavy atom. The van der Waals surface area contributed by atoms with Crippen LogP contribution in [0.4, 0.5) is 5.69 Å². The lowest BCUT2D eigenvalue weighted by atomic mass is 9.94. The third kappa shape index (κ3) is 5.59. The molecule has 5 N–H and O–H groups in total. The highest BCUT2D eigenvalue weighted by atomic mass is 16.5. The van der Waals surface area contributed by atoms with Gasteiger partial charge < -0.3 is 30.3 Å².